The van der Waals surface area contributed by atoms with Gasteiger partial charge in [-0.2, -0.15) is 5.26 Å². The van der Waals surface area contributed by atoms with Crippen molar-refractivity contribution in [1.82, 2.24) is 0 Å². The number of nitrogens with two attached hydrogens (primary N) is 1. The van der Waals surface area contributed by atoms with Crippen molar-refractivity contribution >= 4 is 27.7 Å². The predicted molar refractivity (Wildman–Crippen MR) is 86.6 cm³/mol. The van der Waals surface area contributed by atoms with Gasteiger partial charge < -0.3 is 10.5 Å². The molecular formula is C16H11BrN2OS. The zero-order valence-corrected chi connectivity index (χ0v) is 13.3. The van der Waals surface area contributed by atoms with Gasteiger partial charge in [-0.3, -0.25) is 0 Å². The van der Waals surface area contributed by atoms with E-state index in [-0.39, 0.29) is 11.1 Å². The molecule has 2 aromatic carbocycles. The van der Waals surface area contributed by atoms with Gasteiger partial charge in [-0.15, -0.1) is 11.8 Å². The fourth-order valence-electron chi connectivity index (χ4n) is 2.15. The van der Waals surface area contributed by atoms with E-state index < -0.39 is 0 Å². The van der Waals surface area contributed by atoms with E-state index in [0.29, 0.717) is 11.3 Å². The van der Waals surface area contributed by atoms with Crippen molar-refractivity contribution in [3.05, 3.63) is 70.0 Å². The van der Waals surface area contributed by atoms with Gasteiger partial charge in [0.05, 0.1) is 5.25 Å². The van der Waals surface area contributed by atoms with Crippen LogP contribution in [-0.4, -0.2) is 0 Å². The normalized spacial score (nSPS) is 16.9. The van der Waals surface area contributed by atoms with Crippen molar-refractivity contribution in [3.8, 4) is 11.8 Å². The lowest BCUT2D eigenvalue weighted by atomic mass is 10.0. The smallest absolute Gasteiger partial charge is 0.206 e. The number of hydrogen-bond acceptors (Lipinski definition) is 4. The van der Waals surface area contributed by atoms with Gasteiger partial charge in [0.2, 0.25) is 5.88 Å². The maximum absolute atomic E-state index is 9.41. The summed E-state index contributed by atoms with van der Waals surface area (Å²) in [6.45, 7) is 0. The summed E-state index contributed by atoms with van der Waals surface area (Å²) in [6, 6.07) is 17.9. The van der Waals surface area contributed by atoms with Crippen LogP contribution in [0, 0.1) is 11.3 Å². The molecule has 104 valence electrons. The standard InChI is InChI=1S/C16H11BrN2OS/c17-10-6-7-14-12(8-10)15(13(9-18)16(19)20-14)21-11-4-2-1-3-5-11/h1-8,15H,19H2. The maximum Gasteiger partial charge on any atom is 0.206 e. The van der Waals surface area contributed by atoms with E-state index in [1.54, 1.807) is 11.8 Å². The monoisotopic (exact) mass is 358 g/mol. The second-order valence-electron chi connectivity index (χ2n) is 4.48. The summed E-state index contributed by atoms with van der Waals surface area (Å²) in [4.78, 5) is 1.08. The van der Waals surface area contributed by atoms with E-state index in [1.165, 1.54) is 0 Å². The Bertz CT molecular complexity index is 753. The highest BCUT2D eigenvalue weighted by atomic mass is 79.9. The molecule has 0 bridgehead atoms. The third-order valence-corrected chi connectivity index (χ3v) is 4.88. The average Bonchev–Trinajstić information content (AvgIpc) is 2.49. The number of fused-ring (bicyclic) bond motifs is 1. The first-order chi connectivity index (χ1) is 10.2. The van der Waals surface area contributed by atoms with E-state index >= 15 is 0 Å². The molecule has 1 atom stereocenters. The van der Waals surface area contributed by atoms with Gasteiger partial charge in [-0.25, -0.2) is 0 Å². The van der Waals surface area contributed by atoms with Crippen LogP contribution >= 0.6 is 27.7 Å². The lowest BCUT2D eigenvalue weighted by Gasteiger charge is -2.25. The Labute approximate surface area is 135 Å². The molecule has 0 saturated carbocycles. The Balaban J connectivity index is 2.07. The summed E-state index contributed by atoms with van der Waals surface area (Å²) in [5, 5.41) is 9.24. The van der Waals surface area contributed by atoms with Crippen LogP contribution in [0.1, 0.15) is 10.8 Å². The number of rotatable bonds is 2. The van der Waals surface area contributed by atoms with Gasteiger partial charge in [-0.1, -0.05) is 34.1 Å². The first-order valence-electron chi connectivity index (χ1n) is 6.28. The molecule has 0 amide bonds. The molecule has 1 aliphatic rings. The van der Waals surface area contributed by atoms with E-state index in [9.17, 15) is 5.26 Å². The number of benzene rings is 2. The second kappa shape index (κ2) is 5.84. The molecule has 0 fully saturated rings. The molecule has 0 aliphatic carbocycles. The van der Waals surface area contributed by atoms with Crippen LogP contribution in [0.15, 0.2) is 69.4 Å². The topological polar surface area (TPSA) is 59.0 Å². The summed E-state index contributed by atoms with van der Waals surface area (Å²) in [5.41, 5.74) is 7.30. The minimum atomic E-state index is -0.168. The van der Waals surface area contributed by atoms with Gasteiger partial charge in [0.1, 0.15) is 17.4 Å². The van der Waals surface area contributed by atoms with E-state index in [1.807, 2.05) is 48.5 Å². The third kappa shape index (κ3) is 2.78. The van der Waals surface area contributed by atoms with Crippen LogP contribution in [0.25, 0.3) is 0 Å². The van der Waals surface area contributed by atoms with E-state index in [0.717, 1.165) is 14.9 Å². The lowest BCUT2D eigenvalue weighted by Crippen LogP contribution is -2.18. The average molecular weight is 359 g/mol. The molecule has 3 rings (SSSR count). The second-order valence-corrected chi connectivity index (χ2v) is 6.58. The van der Waals surface area contributed by atoms with Crippen molar-refractivity contribution in [3.63, 3.8) is 0 Å². The zero-order valence-electron chi connectivity index (χ0n) is 10.9. The number of nitriles is 1. The predicted octanol–water partition coefficient (Wildman–Crippen LogP) is 4.37. The van der Waals surface area contributed by atoms with Crippen LogP contribution in [0.3, 0.4) is 0 Å². The quantitative estimate of drug-likeness (QED) is 0.865. The molecule has 1 heterocycles. The van der Waals surface area contributed by atoms with Crippen molar-refractivity contribution < 1.29 is 4.74 Å². The van der Waals surface area contributed by atoms with E-state index in [2.05, 4.69) is 22.0 Å². The Morgan fingerprint density at radius 2 is 1.95 bits per heavy atom. The fourth-order valence-corrected chi connectivity index (χ4v) is 3.71. The van der Waals surface area contributed by atoms with Crippen LogP contribution in [0.4, 0.5) is 0 Å². The molecule has 0 spiro atoms. The van der Waals surface area contributed by atoms with Gasteiger partial charge in [0, 0.05) is 14.9 Å². The van der Waals surface area contributed by atoms with Gasteiger partial charge >= 0.3 is 0 Å². The number of ether oxygens (including phenoxy) is 1. The molecule has 1 unspecified atom stereocenters. The molecule has 0 radical (unpaired) electrons. The Kier molecular flexibility index (Phi) is 3.91. The summed E-state index contributed by atoms with van der Waals surface area (Å²) < 4.78 is 6.50. The van der Waals surface area contributed by atoms with Crippen molar-refractivity contribution in [2.45, 2.75) is 10.1 Å². The minimum absolute atomic E-state index is 0.168. The highest BCUT2D eigenvalue weighted by Crippen LogP contribution is 2.48. The van der Waals surface area contributed by atoms with Crippen molar-refractivity contribution in [2.75, 3.05) is 0 Å². The van der Waals surface area contributed by atoms with Gasteiger partial charge in [-0.05, 0) is 30.3 Å². The Morgan fingerprint density at radius 3 is 2.67 bits per heavy atom. The van der Waals surface area contributed by atoms with Gasteiger partial charge in [0.15, 0.2) is 0 Å². The summed E-state index contributed by atoms with van der Waals surface area (Å²) in [5.74, 6) is 0.879. The van der Waals surface area contributed by atoms with Crippen LogP contribution < -0.4 is 10.5 Å². The molecule has 0 aromatic heterocycles. The molecule has 2 aromatic rings. The third-order valence-electron chi connectivity index (χ3n) is 3.12. The van der Waals surface area contributed by atoms with Crippen molar-refractivity contribution in [1.29, 1.82) is 5.26 Å². The maximum atomic E-state index is 9.41. The lowest BCUT2D eigenvalue weighted by molar-refractivity contribution is 0.398. The molecule has 3 nitrogen and oxygen atoms in total. The first kappa shape index (κ1) is 14.1. The molecule has 1 aliphatic heterocycles. The molecule has 5 heteroatoms. The highest BCUT2D eigenvalue weighted by Gasteiger charge is 2.30. The SMILES string of the molecule is N#CC1=C(N)Oc2ccc(Br)cc2C1Sc1ccccc1. The summed E-state index contributed by atoms with van der Waals surface area (Å²) >= 11 is 5.06. The molecule has 0 saturated heterocycles. The zero-order chi connectivity index (χ0) is 14.8. The number of halogens is 1. The first-order valence-corrected chi connectivity index (χ1v) is 7.95. The number of hydrogen-bond donors (Lipinski definition) is 1. The van der Waals surface area contributed by atoms with E-state index in [4.69, 9.17) is 10.5 Å². The Hall–Kier alpha value is -1.90. The Morgan fingerprint density at radius 1 is 1.19 bits per heavy atom. The van der Waals surface area contributed by atoms with Crippen molar-refractivity contribution in [2.24, 2.45) is 5.73 Å². The molecular weight excluding hydrogens is 348 g/mol. The van der Waals surface area contributed by atoms with Crippen LogP contribution in [0.5, 0.6) is 5.75 Å². The summed E-state index contributed by atoms with van der Waals surface area (Å²) in [7, 11) is 0. The van der Waals surface area contributed by atoms with Crippen LogP contribution in [-0.2, 0) is 0 Å². The summed E-state index contributed by atoms with van der Waals surface area (Å²) in [6.07, 6.45) is 0. The highest BCUT2D eigenvalue weighted by molar-refractivity contribution is 9.10. The fraction of sp³-hybridized carbons (Fsp3) is 0.0625. The number of thioether (sulfide) groups is 1. The number of nitrogens with zero attached hydrogens (tertiary/aromatic N) is 1. The molecule has 21 heavy (non-hydrogen) atoms. The molecule has 2 N–H and O–H groups in total. The largest absolute Gasteiger partial charge is 0.440 e. The van der Waals surface area contributed by atoms with Gasteiger partial charge in [0.25, 0.3) is 0 Å². The van der Waals surface area contributed by atoms with Crippen LogP contribution in [0.2, 0.25) is 0 Å². The minimum Gasteiger partial charge on any atom is -0.440 e.